The van der Waals surface area contributed by atoms with Crippen molar-refractivity contribution in [3.05, 3.63) is 101 Å². The summed E-state index contributed by atoms with van der Waals surface area (Å²) in [5.41, 5.74) is 2.44. The van der Waals surface area contributed by atoms with Gasteiger partial charge in [-0.15, -0.1) is 0 Å². The zero-order valence-corrected chi connectivity index (χ0v) is 18.1. The fourth-order valence-electron chi connectivity index (χ4n) is 3.37. The molecule has 1 N–H and O–H groups in total. The standard InChI is InChI=1S/C26H20N2O6/c1-16-5-9-20(10-6-16)28-24(30)22(23(29)27-26(28)33)14-17-7-11-21(12-8-17)34-15-18-3-2-4-19(13-18)25(31)32/h2-14H,15H2,1H3,(H,31,32)(H,27,29,33)/p-1/b22-14+. The predicted molar refractivity (Wildman–Crippen MR) is 122 cm³/mol. The van der Waals surface area contributed by atoms with Gasteiger partial charge in [-0.05, 0) is 60.0 Å². The van der Waals surface area contributed by atoms with Crippen LogP contribution < -0.4 is 20.1 Å². The van der Waals surface area contributed by atoms with Crippen molar-refractivity contribution in [2.45, 2.75) is 13.5 Å². The van der Waals surface area contributed by atoms with E-state index in [4.69, 9.17) is 4.74 Å². The molecular formula is C26H19N2O6-. The Morgan fingerprint density at radius 1 is 1.00 bits per heavy atom. The van der Waals surface area contributed by atoms with Crippen LogP contribution in [-0.2, 0) is 16.2 Å². The Kier molecular flexibility index (Phi) is 6.22. The zero-order valence-electron chi connectivity index (χ0n) is 18.1. The highest BCUT2D eigenvalue weighted by atomic mass is 16.5. The van der Waals surface area contributed by atoms with Crippen molar-refractivity contribution in [3.8, 4) is 5.75 Å². The van der Waals surface area contributed by atoms with Crippen molar-refractivity contribution < 1.29 is 29.0 Å². The lowest BCUT2D eigenvalue weighted by Gasteiger charge is -2.26. The number of hydrogen-bond donors (Lipinski definition) is 1. The molecule has 0 atom stereocenters. The molecule has 8 heteroatoms. The molecule has 0 aliphatic carbocycles. The van der Waals surface area contributed by atoms with Gasteiger partial charge in [-0.1, -0.05) is 48.0 Å². The van der Waals surface area contributed by atoms with Crippen LogP contribution in [0.2, 0.25) is 0 Å². The minimum Gasteiger partial charge on any atom is -0.545 e. The number of carboxylic acids is 1. The second-order valence-electron chi connectivity index (χ2n) is 7.64. The summed E-state index contributed by atoms with van der Waals surface area (Å²) < 4.78 is 5.68. The molecule has 0 radical (unpaired) electrons. The Labute approximate surface area is 195 Å². The number of carbonyl (C=O) groups excluding carboxylic acids is 4. The Morgan fingerprint density at radius 2 is 1.71 bits per heavy atom. The highest BCUT2D eigenvalue weighted by molar-refractivity contribution is 6.39. The molecule has 4 amide bonds. The quantitative estimate of drug-likeness (QED) is 0.451. The van der Waals surface area contributed by atoms with Crippen LogP contribution in [0.15, 0.2) is 78.4 Å². The molecule has 1 aliphatic rings. The number of rotatable bonds is 6. The molecule has 3 aromatic rings. The molecule has 1 fully saturated rings. The molecule has 1 aliphatic heterocycles. The molecule has 0 bridgehead atoms. The molecule has 8 nitrogen and oxygen atoms in total. The number of carbonyl (C=O) groups is 4. The molecule has 1 heterocycles. The van der Waals surface area contributed by atoms with Gasteiger partial charge < -0.3 is 14.6 Å². The molecule has 1 saturated heterocycles. The van der Waals surface area contributed by atoms with E-state index in [0.29, 0.717) is 22.6 Å². The predicted octanol–water partition coefficient (Wildman–Crippen LogP) is 2.60. The summed E-state index contributed by atoms with van der Waals surface area (Å²) in [6.07, 6.45) is 1.40. The SMILES string of the molecule is Cc1ccc(N2C(=O)NC(=O)/C(=C\c3ccc(OCc4cccc(C(=O)[O-])c4)cc3)C2=O)cc1. The number of aryl methyl sites for hydroxylation is 1. The van der Waals surface area contributed by atoms with E-state index in [1.807, 2.05) is 6.92 Å². The lowest BCUT2D eigenvalue weighted by Crippen LogP contribution is -2.54. The Bertz CT molecular complexity index is 1310. The second kappa shape index (κ2) is 9.41. The van der Waals surface area contributed by atoms with Crippen LogP contribution in [0.25, 0.3) is 6.08 Å². The van der Waals surface area contributed by atoms with E-state index >= 15 is 0 Å². The topological polar surface area (TPSA) is 116 Å². The van der Waals surface area contributed by atoms with Crippen LogP contribution in [0.5, 0.6) is 5.75 Å². The lowest BCUT2D eigenvalue weighted by molar-refractivity contribution is -0.255. The molecule has 34 heavy (non-hydrogen) atoms. The normalized spacial score (nSPS) is 14.8. The number of barbiturate groups is 1. The van der Waals surface area contributed by atoms with E-state index in [1.165, 1.54) is 18.2 Å². The number of imide groups is 2. The number of carboxylic acid groups (broad SMARTS) is 1. The second-order valence-corrected chi connectivity index (χ2v) is 7.64. The van der Waals surface area contributed by atoms with E-state index in [1.54, 1.807) is 60.7 Å². The first kappa shape index (κ1) is 22.5. The number of nitrogens with zero attached hydrogens (tertiary/aromatic N) is 1. The molecule has 170 valence electrons. The molecule has 0 saturated carbocycles. The smallest absolute Gasteiger partial charge is 0.335 e. The van der Waals surface area contributed by atoms with E-state index in [0.717, 1.165) is 10.5 Å². The molecule has 0 unspecified atom stereocenters. The summed E-state index contributed by atoms with van der Waals surface area (Å²) in [6.45, 7) is 2.03. The Balaban J connectivity index is 1.49. The number of amides is 4. The lowest BCUT2D eigenvalue weighted by atomic mass is 10.1. The number of ether oxygens (including phenoxy) is 1. The first-order chi connectivity index (χ1) is 16.3. The fraction of sp³-hybridized carbons (Fsp3) is 0.0769. The fourth-order valence-corrected chi connectivity index (χ4v) is 3.37. The number of benzene rings is 3. The summed E-state index contributed by atoms with van der Waals surface area (Å²) in [6, 6.07) is 18.9. The van der Waals surface area contributed by atoms with Crippen LogP contribution in [0.3, 0.4) is 0 Å². The van der Waals surface area contributed by atoms with Crippen molar-refractivity contribution in [1.29, 1.82) is 0 Å². The van der Waals surface area contributed by atoms with Crippen LogP contribution in [0.1, 0.15) is 27.0 Å². The average Bonchev–Trinajstić information content (AvgIpc) is 2.82. The van der Waals surface area contributed by atoms with Gasteiger partial charge in [0.2, 0.25) is 0 Å². The van der Waals surface area contributed by atoms with Gasteiger partial charge in [0.15, 0.2) is 0 Å². The van der Waals surface area contributed by atoms with Gasteiger partial charge in [0, 0.05) is 0 Å². The summed E-state index contributed by atoms with van der Waals surface area (Å²) in [5, 5.41) is 13.2. The summed E-state index contributed by atoms with van der Waals surface area (Å²) >= 11 is 0. The molecule has 4 rings (SSSR count). The van der Waals surface area contributed by atoms with Crippen molar-refractivity contribution in [2.24, 2.45) is 0 Å². The molecule has 3 aromatic carbocycles. The minimum absolute atomic E-state index is 0.0664. The monoisotopic (exact) mass is 455 g/mol. The Morgan fingerprint density at radius 3 is 2.38 bits per heavy atom. The average molecular weight is 455 g/mol. The third-order valence-electron chi connectivity index (χ3n) is 5.15. The van der Waals surface area contributed by atoms with Crippen molar-refractivity contribution in [3.63, 3.8) is 0 Å². The third kappa shape index (κ3) is 4.86. The third-order valence-corrected chi connectivity index (χ3v) is 5.15. The van der Waals surface area contributed by atoms with E-state index < -0.39 is 23.8 Å². The van der Waals surface area contributed by atoms with Gasteiger partial charge in [0.1, 0.15) is 17.9 Å². The van der Waals surface area contributed by atoms with Crippen molar-refractivity contribution in [2.75, 3.05) is 4.90 Å². The van der Waals surface area contributed by atoms with Gasteiger partial charge in [-0.25, -0.2) is 9.69 Å². The van der Waals surface area contributed by atoms with Crippen LogP contribution >= 0.6 is 0 Å². The molecule has 0 aromatic heterocycles. The van der Waals surface area contributed by atoms with Crippen LogP contribution in [0, 0.1) is 6.92 Å². The maximum Gasteiger partial charge on any atom is 0.335 e. The first-order valence-electron chi connectivity index (χ1n) is 10.3. The van der Waals surface area contributed by atoms with E-state index in [2.05, 4.69) is 5.32 Å². The summed E-state index contributed by atoms with van der Waals surface area (Å²) in [4.78, 5) is 49.5. The van der Waals surface area contributed by atoms with Crippen molar-refractivity contribution >= 4 is 35.6 Å². The number of urea groups is 1. The summed E-state index contributed by atoms with van der Waals surface area (Å²) in [5.74, 6) is -2.24. The highest BCUT2D eigenvalue weighted by Crippen LogP contribution is 2.23. The van der Waals surface area contributed by atoms with Gasteiger partial charge in [-0.2, -0.15) is 0 Å². The van der Waals surface area contributed by atoms with Gasteiger partial charge in [0.05, 0.1) is 11.7 Å². The van der Waals surface area contributed by atoms with Gasteiger partial charge in [-0.3, -0.25) is 14.9 Å². The maximum absolute atomic E-state index is 12.9. The minimum atomic E-state index is -1.26. The molecule has 0 spiro atoms. The van der Waals surface area contributed by atoms with E-state index in [-0.39, 0.29) is 17.7 Å². The summed E-state index contributed by atoms with van der Waals surface area (Å²) in [7, 11) is 0. The highest BCUT2D eigenvalue weighted by Gasteiger charge is 2.36. The number of hydrogen-bond acceptors (Lipinski definition) is 6. The van der Waals surface area contributed by atoms with Gasteiger partial charge >= 0.3 is 6.03 Å². The molecular weight excluding hydrogens is 436 g/mol. The van der Waals surface area contributed by atoms with Crippen LogP contribution in [-0.4, -0.2) is 23.8 Å². The number of aromatic carboxylic acids is 1. The first-order valence-corrected chi connectivity index (χ1v) is 10.3. The van der Waals surface area contributed by atoms with E-state index in [9.17, 15) is 24.3 Å². The Hall–Kier alpha value is -4.72. The zero-order chi connectivity index (χ0) is 24.2. The van der Waals surface area contributed by atoms with Crippen LogP contribution in [0.4, 0.5) is 10.5 Å². The largest absolute Gasteiger partial charge is 0.545 e. The number of nitrogens with one attached hydrogen (secondary N) is 1. The van der Waals surface area contributed by atoms with Gasteiger partial charge in [0.25, 0.3) is 11.8 Å². The maximum atomic E-state index is 12.9. The van der Waals surface area contributed by atoms with Crippen molar-refractivity contribution in [1.82, 2.24) is 5.32 Å². The number of anilines is 1.